The summed E-state index contributed by atoms with van der Waals surface area (Å²) in [5, 5.41) is 0. The summed E-state index contributed by atoms with van der Waals surface area (Å²) in [6.07, 6.45) is 1.20. The Labute approximate surface area is 127 Å². The van der Waals surface area contributed by atoms with Crippen LogP contribution >= 0.6 is 27.3 Å². The van der Waals surface area contributed by atoms with Crippen LogP contribution in [0.15, 0.2) is 15.9 Å². The lowest BCUT2D eigenvalue weighted by Crippen LogP contribution is -2.35. The van der Waals surface area contributed by atoms with Crippen LogP contribution in [0, 0.1) is 5.92 Å². The second kappa shape index (κ2) is 6.37. The predicted molar refractivity (Wildman–Crippen MR) is 83.7 cm³/mol. The van der Waals surface area contributed by atoms with Crippen molar-refractivity contribution >= 4 is 33.2 Å². The standard InChI is InChI=1S/C14H21BrN2OS/c1-10(12-4-5-13(15)19-12)14(18)17(3)9-11-6-7-16(2)8-11/h4-5,10-11H,6-9H2,1-3H3/t10-,11-/m1/s1. The maximum absolute atomic E-state index is 12.4. The van der Waals surface area contributed by atoms with Gasteiger partial charge in [0.1, 0.15) is 0 Å². The van der Waals surface area contributed by atoms with Crippen LogP contribution < -0.4 is 0 Å². The Bertz CT molecular complexity index is 448. The molecule has 2 rings (SSSR count). The molecule has 1 saturated heterocycles. The summed E-state index contributed by atoms with van der Waals surface area (Å²) in [4.78, 5) is 17.8. The first kappa shape index (κ1) is 15.0. The van der Waals surface area contributed by atoms with Gasteiger partial charge in [-0.2, -0.15) is 0 Å². The average molecular weight is 345 g/mol. The van der Waals surface area contributed by atoms with Crippen molar-refractivity contribution in [3.05, 3.63) is 20.8 Å². The van der Waals surface area contributed by atoms with Crippen molar-refractivity contribution in [1.29, 1.82) is 0 Å². The van der Waals surface area contributed by atoms with Gasteiger partial charge in [0.05, 0.1) is 9.70 Å². The van der Waals surface area contributed by atoms with E-state index in [2.05, 4.69) is 27.9 Å². The van der Waals surface area contributed by atoms with Crippen molar-refractivity contribution < 1.29 is 4.79 Å². The molecule has 19 heavy (non-hydrogen) atoms. The van der Waals surface area contributed by atoms with Crippen LogP contribution in [0.3, 0.4) is 0 Å². The number of likely N-dealkylation sites (N-methyl/N-ethyl adjacent to an activating group) is 1. The summed E-state index contributed by atoms with van der Waals surface area (Å²) in [5.41, 5.74) is 0. The highest BCUT2D eigenvalue weighted by atomic mass is 79.9. The molecule has 1 aromatic rings. The third kappa shape index (κ3) is 3.80. The molecule has 0 aromatic carbocycles. The highest BCUT2D eigenvalue weighted by molar-refractivity contribution is 9.11. The van der Waals surface area contributed by atoms with E-state index in [1.165, 1.54) is 6.42 Å². The number of nitrogens with zero attached hydrogens (tertiary/aromatic N) is 2. The Morgan fingerprint density at radius 1 is 1.63 bits per heavy atom. The SMILES string of the molecule is C[C@@H](C(=O)N(C)C[C@@H]1CCN(C)C1)c1ccc(Br)s1. The first-order valence-corrected chi connectivity index (χ1v) is 8.27. The quantitative estimate of drug-likeness (QED) is 0.838. The second-order valence-electron chi connectivity index (χ2n) is 5.50. The van der Waals surface area contributed by atoms with E-state index in [0.717, 1.165) is 28.3 Å². The van der Waals surface area contributed by atoms with E-state index in [9.17, 15) is 4.79 Å². The van der Waals surface area contributed by atoms with Gasteiger partial charge in [0.15, 0.2) is 0 Å². The van der Waals surface area contributed by atoms with Crippen molar-refractivity contribution in [2.75, 3.05) is 33.7 Å². The number of likely N-dealkylation sites (tertiary alicyclic amines) is 1. The Balaban J connectivity index is 1.91. The van der Waals surface area contributed by atoms with Gasteiger partial charge in [0.2, 0.25) is 5.91 Å². The number of halogens is 1. The van der Waals surface area contributed by atoms with E-state index in [1.807, 2.05) is 31.0 Å². The van der Waals surface area contributed by atoms with Crippen molar-refractivity contribution in [2.24, 2.45) is 5.92 Å². The molecule has 1 aliphatic rings. The van der Waals surface area contributed by atoms with Crippen LogP contribution in [-0.2, 0) is 4.79 Å². The number of carbonyl (C=O) groups is 1. The molecule has 0 N–H and O–H groups in total. The van der Waals surface area contributed by atoms with Crippen molar-refractivity contribution in [1.82, 2.24) is 9.80 Å². The molecule has 2 atom stereocenters. The molecule has 0 saturated carbocycles. The molecule has 1 fully saturated rings. The molecular formula is C14H21BrN2OS. The lowest BCUT2D eigenvalue weighted by molar-refractivity contribution is -0.131. The number of rotatable bonds is 4. The molecule has 0 aliphatic carbocycles. The van der Waals surface area contributed by atoms with Gasteiger partial charge >= 0.3 is 0 Å². The lowest BCUT2D eigenvalue weighted by Gasteiger charge is -2.24. The summed E-state index contributed by atoms with van der Waals surface area (Å²) in [6.45, 7) is 5.13. The highest BCUT2D eigenvalue weighted by Crippen LogP contribution is 2.29. The van der Waals surface area contributed by atoms with Gasteiger partial charge in [0.25, 0.3) is 0 Å². The molecule has 0 spiro atoms. The Morgan fingerprint density at radius 3 is 2.89 bits per heavy atom. The van der Waals surface area contributed by atoms with Crippen LogP contribution in [0.4, 0.5) is 0 Å². The van der Waals surface area contributed by atoms with Gasteiger partial charge in [-0.25, -0.2) is 0 Å². The molecular weight excluding hydrogens is 324 g/mol. The minimum absolute atomic E-state index is 0.0413. The van der Waals surface area contributed by atoms with Crippen molar-refractivity contribution in [3.8, 4) is 0 Å². The zero-order valence-corrected chi connectivity index (χ0v) is 14.1. The Hall–Kier alpha value is -0.390. The molecule has 0 unspecified atom stereocenters. The smallest absolute Gasteiger partial charge is 0.230 e. The van der Waals surface area contributed by atoms with Crippen LogP contribution in [0.25, 0.3) is 0 Å². The van der Waals surface area contributed by atoms with Gasteiger partial charge in [-0.15, -0.1) is 11.3 Å². The molecule has 2 heterocycles. The van der Waals surface area contributed by atoms with Gasteiger partial charge in [-0.3, -0.25) is 4.79 Å². The van der Waals surface area contributed by atoms with Crippen LogP contribution in [-0.4, -0.2) is 49.4 Å². The number of amides is 1. The van der Waals surface area contributed by atoms with E-state index in [-0.39, 0.29) is 11.8 Å². The maximum Gasteiger partial charge on any atom is 0.230 e. The average Bonchev–Trinajstić information content (AvgIpc) is 2.96. The first-order chi connectivity index (χ1) is 8.97. The normalized spacial score (nSPS) is 21.6. The lowest BCUT2D eigenvalue weighted by atomic mass is 10.1. The molecule has 1 amide bonds. The van der Waals surface area contributed by atoms with Crippen LogP contribution in [0.5, 0.6) is 0 Å². The first-order valence-electron chi connectivity index (χ1n) is 6.66. The summed E-state index contributed by atoms with van der Waals surface area (Å²) < 4.78 is 1.09. The van der Waals surface area contributed by atoms with E-state index in [1.54, 1.807) is 11.3 Å². The number of carbonyl (C=O) groups excluding carboxylic acids is 1. The van der Waals surface area contributed by atoms with Crippen molar-refractivity contribution in [3.63, 3.8) is 0 Å². The third-order valence-corrected chi connectivity index (χ3v) is 5.59. The zero-order valence-electron chi connectivity index (χ0n) is 11.7. The third-order valence-electron chi connectivity index (χ3n) is 3.79. The molecule has 1 aliphatic heterocycles. The molecule has 3 nitrogen and oxygen atoms in total. The second-order valence-corrected chi connectivity index (χ2v) is 7.99. The largest absolute Gasteiger partial charge is 0.345 e. The fraction of sp³-hybridized carbons (Fsp3) is 0.643. The highest BCUT2D eigenvalue weighted by Gasteiger charge is 2.25. The topological polar surface area (TPSA) is 23.6 Å². The predicted octanol–water partition coefficient (Wildman–Crippen LogP) is 3.02. The van der Waals surface area contributed by atoms with Gasteiger partial charge in [0, 0.05) is 25.0 Å². The summed E-state index contributed by atoms with van der Waals surface area (Å²) in [6, 6.07) is 4.05. The summed E-state index contributed by atoms with van der Waals surface area (Å²) in [5.74, 6) is 0.811. The number of hydrogen-bond acceptors (Lipinski definition) is 3. The minimum Gasteiger partial charge on any atom is -0.345 e. The zero-order chi connectivity index (χ0) is 14.0. The summed E-state index contributed by atoms with van der Waals surface area (Å²) >= 11 is 5.10. The minimum atomic E-state index is -0.0413. The van der Waals surface area contributed by atoms with E-state index in [0.29, 0.717) is 5.92 Å². The van der Waals surface area contributed by atoms with Crippen LogP contribution in [0.1, 0.15) is 24.1 Å². The molecule has 106 valence electrons. The maximum atomic E-state index is 12.4. The molecule has 1 aromatic heterocycles. The fourth-order valence-corrected chi connectivity index (χ4v) is 4.13. The molecule has 0 bridgehead atoms. The fourth-order valence-electron chi connectivity index (χ4n) is 2.67. The number of thiophene rings is 1. The summed E-state index contributed by atoms with van der Waals surface area (Å²) in [7, 11) is 4.08. The van der Waals surface area contributed by atoms with E-state index in [4.69, 9.17) is 0 Å². The van der Waals surface area contributed by atoms with Crippen LogP contribution in [0.2, 0.25) is 0 Å². The van der Waals surface area contributed by atoms with Gasteiger partial charge in [-0.1, -0.05) is 0 Å². The monoisotopic (exact) mass is 344 g/mol. The van der Waals surface area contributed by atoms with Crippen molar-refractivity contribution in [2.45, 2.75) is 19.3 Å². The molecule has 5 heteroatoms. The van der Waals surface area contributed by atoms with E-state index >= 15 is 0 Å². The van der Waals surface area contributed by atoms with Gasteiger partial charge < -0.3 is 9.80 Å². The number of hydrogen-bond donors (Lipinski definition) is 0. The van der Waals surface area contributed by atoms with Gasteiger partial charge in [-0.05, 0) is 60.9 Å². The Kier molecular flexibility index (Phi) is 5.03. The Morgan fingerprint density at radius 2 is 2.37 bits per heavy atom. The van der Waals surface area contributed by atoms with E-state index < -0.39 is 0 Å². The molecule has 0 radical (unpaired) electrons.